The largest absolute Gasteiger partial charge is 0.482 e. The topological polar surface area (TPSA) is 41.6 Å². The van der Waals surface area contributed by atoms with Gasteiger partial charge in [-0.25, -0.2) is 0 Å². The van der Waals surface area contributed by atoms with Crippen LogP contribution in [0.1, 0.15) is 25.3 Å². The molecule has 1 aliphatic carbocycles. The number of halogens is 1. The Morgan fingerprint density at radius 3 is 2.90 bits per heavy atom. The number of benzene rings is 1. The summed E-state index contributed by atoms with van der Waals surface area (Å²) in [5.74, 6) is 0.564. The second-order valence-corrected chi connectivity index (χ2v) is 5.49. The summed E-state index contributed by atoms with van der Waals surface area (Å²) in [6.45, 7) is 3.34. The number of carbonyl (C=O) groups excluding carboxylic acids is 1. The van der Waals surface area contributed by atoms with Crippen LogP contribution in [0.15, 0.2) is 18.2 Å². The average Bonchev–Trinajstić information content (AvgIpc) is 3.27. The molecule has 1 saturated carbocycles. The zero-order valence-corrected chi connectivity index (χ0v) is 12.7. The van der Waals surface area contributed by atoms with Gasteiger partial charge < -0.3 is 15.0 Å². The third-order valence-electron chi connectivity index (χ3n) is 3.45. The zero-order valence-electron chi connectivity index (χ0n) is 12.0. The number of amides is 1. The van der Waals surface area contributed by atoms with Crippen LogP contribution in [0, 0.1) is 0 Å². The average molecular weight is 297 g/mol. The van der Waals surface area contributed by atoms with Crippen LogP contribution < -0.4 is 10.1 Å². The fourth-order valence-corrected chi connectivity index (χ4v) is 2.07. The first-order valence-corrected chi connectivity index (χ1v) is 7.37. The number of para-hydroxylation sites is 1. The van der Waals surface area contributed by atoms with Gasteiger partial charge in [-0.2, -0.15) is 0 Å². The van der Waals surface area contributed by atoms with Crippen molar-refractivity contribution in [2.45, 2.75) is 32.4 Å². The number of nitrogens with zero attached hydrogens (tertiary/aromatic N) is 1. The second-order valence-electron chi connectivity index (χ2n) is 5.08. The SMILES string of the molecule is CCN(C)C(=O)COc1c(Cl)cccc1CNC1CC1. The molecule has 1 aliphatic rings. The molecule has 0 saturated heterocycles. The Morgan fingerprint density at radius 2 is 2.25 bits per heavy atom. The van der Waals surface area contributed by atoms with E-state index in [0.717, 1.165) is 12.1 Å². The van der Waals surface area contributed by atoms with Crippen LogP contribution in [0.4, 0.5) is 0 Å². The van der Waals surface area contributed by atoms with E-state index in [9.17, 15) is 4.79 Å². The van der Waals surface area contributed by atoms with Crippen LogP contribution in [0.25, 0.3) is 0 Å². The van der Waals surface area contributed by atoms with Gasteiger partial charge in [-0.05, 0) is 25.8 Å². The number of hydrogen-bond acceptors (Lipinski definition) is 3. The van der Waals surface area contributed by atoms with Crippen LogP contribution in [0.3, 0.4) is 0 Å². The first kappa shape index (κ1) is 15.1. The molecule has 2 rings (SSSR count). The van der Waals surface area contributed by atoms with Gasteiger partial charge in [0.25, 0.3) is 5.91 Å². The summed E-state index contributed by atoms with van der Waals surface area (Å²) in [5.41, 5.74) is 0.997. The fraction of sp³-hybridized carbons (Fsp3) is 0.533. The van der Waals surface area contributed by atoms with Crippen LogP contribution in [-0.4, -0.2) is 37.0 Å². The third-order valence-corrected chi connectivity index (χ3v) is 3.74. The molecule has 0 radical (unpaired) electrons. The van der Waals surface area contributed by atoms with Crippen LogP contribution in [-0.2, 0) is 11.3 Å². The van der Waals surface area contributed by atoms with Crippen LogP contribution in [0.5, 0.6) is 5.75 Å². The molecule has 0 unspecified atom stereocenters. The number of rotatable bonds is 7. The lowest BCUT2D eigenvalue weighted by Crippen LogP contribution is -2.31. The number of nitrogens with one attached hydrogen (secondary N) is 1. The van der Waals surface area contributed by atoms with Crippen molar-refractivity contribution in [2.24, 2.45) is 0 Å². The summed E-state index contributed by atoms with van der Waals surface area (Å²) < 4.78 is 5.64. The predicted octanol–water partition coefficient (Wildman–Crippen LogP) is 2.45. The lowest BCUT2D eigenvalue weighted by molar-refractivity contribution is -0.131. The van der Waals surface area contributed by atoms with Crippen LogP contribution >= 0.6 is 11.6 Å². The molecule has 0 bridgehead atoms. The number of carbonyl (C=O) groups is 1. The minimum Gasteiger partial charge on any atom is -0.482 e. The van der Waals surface area contributed by atoms with Gasteiger partial charge in [0, 0.05) is 31.7 Å². The predicted molar refractivity (Wildman–Crippen MR) is 80.1 cm³/mol. The van der Waals surface area contributed by atoms with Crippen molar-refractivity contribution >= 4 is 17.5 Å². The summed E-state index contributed by atoms with van der Waals surface area (Å²) in [6.07, 6.45) is 2.47. The van der Waals surface area contributed by atoms with E-state index in [1.807, 2.05) is 19.1 Å². The second kappa shape index (κ2) is 6.95. The summed E-state index contributed by atoms with van der Waals surface area (Å²) in [4.78, 5) is 13.4. The van der Waals surface area contributed by atoms with Gasteiger partial charge in [-0.1, -0.05) is 23.7 Å². The van der Waals surface area contributed by atoms with E-state index in [4.69, 9.17) is 16.3 Å². The summed E-state index contributed by atoms with van der Waals surface area (Å²) in [5, 5.41) is 3.98. The molecule has 20 heavy (non-hydrogen) atoms. The minimum absolute atomic E-state index is 0.0184. The monoisotopic (exact) mass is 296 g/mol. The highest BCUT2D eigenvalue weighted by molar-refractivity contribution is 6.32. The summed E-state index contributed by atoms with van der Waals surface area (Å²) >= 11 is 6.18. The van der Waals surface area contributed by atoms with E-state index in [-0.39, 0.29) is 12.5 Å². The molecule has 1 aromatic carbocycles. The molecule has 0 aliphatic heterocycles. The fourth-order valence-electron chi connectivity index (χ4n) is 1.82. The lowest BCUT2D eigenvalue weighted by Gasteiger charge is -2.17. The minimum atomic E-state index is -0.0477. The molecule has 0 heterocycles. The van der Waals surface area contributed by atoms with Gasteiger partial charge in [-0.15, -0.1) is 0 Å². The maximum atomic E-state index is 11.8. The smallest absolute Gasteiger partial charge is 0.260 e. The third kappa shape index (κ3) is 4.12. The van der Waals surface area contributed by atoms with Crippen molar-refractivity contribution in [3.63, 3.8) is 0 Å². The molecule has 5 heteroatoms. The quantitative estimate of drug-likeness (QED) is 0.840. The highest BCUT2D eigenvalue weighted by Gasteiger charge is 2.21. The van der Waals surface area contributed by atoms with Gasteiger partial charge in [0.05, 0.1) is 5.02 Å². The Bertz CT molecular complexity index is 475. The van der Waals surface area contributed by atoms with Gasteiger partial charge in [0.15, 0.2) is 6.61 Å². The van der Waals surface area contributed by atoms with E-state index in [0.29, 0.717) is 23.4 Å². The Hall–Kier alpha value is -1.26. The van der Waals surface area contributed by atoms with Crippen molar-refractivity contribution < 1.29 is 9.53 Å². The highest BCUT2D eigenvalue weighted by Crippen LogP contribution is 2.29. The Labute approximate surface area is 125 Å². The Balaban J connectivity index is 1.99. The van der Waals surface area contributed by atoms with Gasteiger partial charge >= 0.3 is 0 Å². The molecular weight excluding hydrogens is 276 g/mol. The molecule has 0 spiro atoms. The van der Waals surface area contributed by atoms with Crippen LogP contribution in [0.2, 0.25) is 5.02 Å². The Morgan fingerprint density at radius 1 is 1.50 bits per heavy atom. The lowest BCUT2D eigenvalue weighted by atomic mass is 10.2. The molecule has 4 nitrogen and oxygen atoms in total. The van der Waals surface area contributed by atoms with Gasteiger partial charge in [-0.3, -0.25) is 4.79 Å². The van der Waals surface area contributed by atoms with Crippen molar-refractivity contribution in [3.8, 4) is 5.75 Å². The maximum absolute atomic E-state index is 11.8. The van der Waals surface area contributed by atoms with E-state index in [2.05, 4.69) is 5.32 Å². The van der Waals surface area contributed by atoms with Crippen molar-refractivity contribution in [3.05, 3.63) is 28.8 Å². The maximum Gasteiger partial charge on any atom is 0.260 e. The first-order chi connectivity index (χ1) is 9.61. The Kier molecular flexibility index (Phi) is 5.26. The molecule has 1 fully saturated rings. The van der Waals surface area contributed by atoms with E-state index in [1.165, 1.54) is 12.8 Å². The first-order valence-electron chi connectivity index (χ1n) is 6.99. The van der Waals surface area contributed by atoms with E-state index >= 15 is 0 Å². The van der Waals surface area contributed by atoms with Gasteiger partial charge in [0.1, 0.15) is 5.75 Å². The molecule has 110 valence electrons. The molecule has 1 amide bonds. The van der Waals surface area contributed by atoms with E-state index in [1.54, 1.807) is 18.0 Å². The summed E-state index contributed by atoms with van der Waals surface area (Å²) in [7, 11) is 1.76. The molecule has 1 aromatic rings. The number of hydrogen-bond donors (Lipinski definition) is 1. The molecule has 1 N–H and O–H groups in total. The normalized spacial score (nSPS) is 14.2. The zero-order chi connectivity index (χ0) is 14.5. The van der Waals surface area contributed by atoms with Crippen molar-refractivity contribution in [2.75, 3.05) is 20.2 Å². The molecule has 0 atom stereocenters. The number of ether oxygens (including phenoxy) is 1. The summed E-state index contributed by atoms with van der Waals surface area (Å²) in [6, 6.07) is 6.28. The molecular formula is C15H21ClN2O2. The van der Waals surface area contributed by atoms with E-state index < -0.39 is 0 Å². The van der Waals surface area contributed by atoms with Crippen molar-refractivity contribution in [1.82, 2.24) is 10.2 Å². The van der Waals surface area contributed by atoms with Gasteiger partial charge in [0.2, 0.25) is 0 Å². The number of likely N-dealkylation sites (N-methyl/N-ethyl adjacent to an activating group) is 1. The molecule has 0 aromatic heterocycles. The standard InChI is InChI=1S/C15H21ClN2O2/c1-3-18(2)14(19)10-20-15-11(5-4-6-13(15)16)9-17-12-7-8-12/h4-6,12,17H,3,7-10H2,1-2H3. The van der Waals surface area contributed by atoms with Crippen molar-refractivity contribution in [1.29, 1.82) is 0 Å². The highest BCUT2D eigenvalue weighted by atomic mass is 35.5.